The summed E-state index contributed by atoms with van der Waals surface area (Å²) in [5.74, 6) is -2.27. The second-order valence-electron chi connectivity index (χ2n) is 11.0. The SMILES string of the molecule is C=C.C=CC.CC1=C(C)CC(O)(O)C1.CCC(COc1ncccc1C(=O)O)OC(C)n1cnc2c(NC(=O)Nc3ccccc3)ncnc21.CS. The number of carboxylic acid groups (broad SMARTS) is 1. The first-order valence-electron chi connectivity index (χ1n) is 16.3. The monoisotopic (exact) mass is 737 g/mol. The number of rotatable bonds is 10. The number of pyridine rings is 1. The van der Waals surface area contributed by atoms with Gasteiger partial charge < -0.3 is 30.1 Å². The molecule has 0 fully saturated rings. The van der Waals surface area contributed by atoms with Crippen LogP contribution in [-0.4, -0.2) is 76.6 Å². The maximum Gasteiger partial charge on any atom is 0.341 e. The molecule has 3 aromatic heterocycles. The van der Waals surface area contributed by atoms with E-state index < -0.39 is 24.0 Å². The molecule has 1 aliphatic carbocycles. The standard InChI is InChI=1S/C24H25N7O5.C7H12O2.C3H6.C2H4.CH4S/c1-3-17(12-35-22-18(23(32)33)10-7-11-25-22)36-15(2)31-14-28-19-20(26-13-27-21(19)31)30-24(34)29-16-8-5-4-6-9-16;1-5-3-7(8,9)4-6(5)2;1-3-2;2*1-2/h4-11,13-15,17H,3,12H2,1-2H3,(H,32,33)(H2,26,27,29,30,34);8-9H,3-4H2,1-2H3;3H,1H2,2H3;1-2H2;2H,1H3. The lowest BCUT2D eigenvalue weighted by Gasteiger charge is -2.22. The smallest absolute Gasteiger partial charge is 0.341 e. The highest BCUT2D eigenvalue weighted by atomic mass is 32.1. The number of nitrogens with one attached hydrogen (secondary N) is 2. The number of benzene rings is 1. The topological polar surface area (TPSA) is 194 Å². The van der Waals surface area contributed by atoms with Crippen LogP contribution in [0, 0.1) is 0 Å². The first kappa shape index (κ1) is 44.9. The van der Waals surface area contributed by atoms with E-state index in [1.165, 1.54) is 24.7 Å². The summed E-state index contributed by atoms with van der Waals surface area (Å²) < 4.78 is 13.5. The van der Waals surface area contributed by atoms with E-state index in [9.17, 15) is 14.7 Å². The molecule has 2 unspecified atom stereocenters. The van der Waals surface area contributed by atoms with Gasteiger partial charge in [-0.15, -0.1) is 19.7 Å². The zero-order valence-electron chi connectivity index (χ0n) is 30.6. The zero-order valence-corrected chi connectivity index (χ0v) is 31.5. The Morgan fingerprint density at radius 2 is 1.63 bits per heavy atom. The second kappa shape index (κ2) is 23.4. The molecule has 0 saturated heterocycles. The summed E-state index contributed by atoms with van der Waals surface area (Å²) in [6, 6.07) is 11.5. The van der Waals surface area contributed by atoms with Crippen LogP contribution < -0.4 is 15.4 Å². The third-order valence-corrected chi connectivity index (χ3v) is 7.09. The number of fused-ring (bicyclic) bond motifs is 1. The van der Waals surface area contributed by atoms with Crippen molar-refractivity contribution in [3.05, 3.63) is 104 Å². The van der Waals surface area contributed by atoms with Crippen LogP contribution in [0.15, 0.2) is 98.3 Å². The predicted molar refractivity (Wildman–Crippen MR) is 208 cm³/mol. The number of carboxylic acids is 1. The van der Waals surface area contributed by atoms with Gasteiger partial charge in [-0.2, -0.15) is 12.6 Å². The Balaban J connectivity index is 0.000000709. The number of para-hydroxylation sites is 1. The van der Waals surface area contributed by atoms with Gasteiger partial charge in [0, 0.05) is 24.7 Å². The first-order chi connectivity index (χ1) is 24.9. The Kier molecular flexibility index (Phi) is 20.2. The maximum atomic E-state index is 12.4. The molecule has 14 nitrogen and oxygen atoms in total. The molecular formula is C37H51N7O7S. The van der Waals surface area contributed by atoms with Gasteiger partial charge in [0.05, 0.1) is 12.4 Å². The number of thiol groups is 1. The number of carbonyl (C=O) groups excluding carboxylic acids is 1. The van der Waals surface area contributed by atoms with Crippen molar-refractivity contribution in [1.29, 1.82) is 0 Å². The number of aromatic carboxylic acids is 1. The Labute approximate surface area is 310 Å². The Morgan fingerprint density at radius 1 is 1.02 bits per heavy atom. The van der Waals surface area contributed by atoms with E-state index >= 15 is 0 Å². The van der Waals surface area contributed by atoms with Crippen molar-refractivity contribution in [3.63, 3.8) is 0 Å². The lowest BCUT2D eigenvalue weighted by atomic mass is 10.2. The number of carbonyl (C=O) groups is 2. The van der Waals surface area contributed by atoms with E-state index in [4.69, 9.17) is 19.7 Å². The molecule has 1 aromatic carbocycles. The van der Waals surface area contributed by atoms with Crippen LogP contribution in [0.3, 0.4) is 0 Å². The van der Waals surface area contributed by atoms with Crippen LogP contribution >= 0.6 is 12.6 Å². The van der Waals surface area contributed by atoms with E-state index in [-0.39, 0.29) is 30.0 Å². The number of aliphatic hydroxyl groups is 2. The summed E-state index contributed by atoms with van der Waals surface area (Å²) in [6.07, 6.45) is 8.38. The number of hydrogen-bond acceptors (Lipinski definition) is 11. The van der Waals surface area contributed by atoms with Crippen LogP contribution in [-0.2, 0) is 4.74 Å². The molecule has 15 heteroatoms. The summed E-state index contributed by atoms with van der Waals surface area (Å²) >= 11 is 3.53. The average molecular weight is 738 g/mol. The molecular weight excluding hydrogens is 687 g/mol. The number of allylic oxidation sites excluding steroid dienone is 1. The lowest BCUT2D eigenvalue weighted by molar-refractivity contribution is -0.150. The summed E-state index contributed by atoms with van der Waals surface area (Å²) in [6.45, 7) is 19.0. The molecule has 0 bridgehead atoms. The van der Waals surface area contributed by atoms with Crippen molar-refractivity contribution in [3.8, 4) is 5.88 Å². The molecule has 2 atom stereocenters. The zero-order chi connectivity index (χ0) is 39.3. The predicted octanol–water partition coefficient (Wildman–Crippen LogP) is 7.29. The fourth-order valence-electron chi connectivity index (χ4n) is 4.65. The lowest BCUT2D eigenvalue weighted by Crippen LogP contribution is -2.25. The summed E-state index contributed by atoms with van der Waals surface area (Å²) in [5.41, 5.74) is 3.72. The quantitative estimate of drug-likeness (QED) is 0.0544. The Morgan fingerprint density at radius 3 is 2.17 bits per heavy atom. The van der Waals surface area contributed by atoms with E-state index in [2.05, 4.69) is 62.9 Å². The van der Waals surface area contributed by atoms with Crippen LogP contribution in [0.25, 0.3) is 11.2 Å². The third kappa shape index (κ3) is 14.3. The van der Waals surface area contributed by atoms with Crippen LogP contribution in [0.2, 0.25) is 0 Å². The fraction of sp³-hybridized carbons (Fsp3) is 0.351. The summed E-state index contributed by atoms with van der Waals surface area (Å²) in [4.78, 5) is 40.6. The van der Waals surface area contributed by atoms with Crippen molar-refractivity contribution in [2.45, 2.75) is 72.0 Å². The van der Waals surface area contributed by atoms with E-state index in [1.54, 1.807) is 35.4 Å². The molecule has 5 N–H and O–H groups in total. The molecule has 1 aliphatic rings. The Hall–Kier alpha value is -5.09. The molecule has 0 aliphatic heterocycles. The van der Waals surface area contributed by atoms with Gasteiger partial charge in [-0.1, -0.05) is 42.3 Å². The van der Waals surface area contributed by atoms with Gasteiger partial charge in [0.1, 0.15) is 24.7 Å². The molecule has 2 amide bonds. The molecule has 0 saturated carbocycles. The summed E-state index contributed by atoms with van der Waals surface area (Å²) in [5, 5.41) is 32.8. The highest BCUT2D eigenvalue weighted by Crippen LogP contribution is 2.32. The molecule has 52 heavy (non-hydrogen) atoms. The number of ether oxygens (including phenoxy) is 2. The third-order valence-electron chi connectivity index (χ3n) is 7.09. The maximum absolute atomic E-state index is 12.4. The van der Waals surface area contributed by atoms with Gasteiger partial charge in [-0.05, 0) is 64.6 Å². The number of amides is 2. The largest absolute Gasteiger partial charge is 0.477 e. The highest BCUT2D eigenvalue weighted by Gasteiger charge is 2.30. The number of imidazole rings is 1. The van der Waals surface area contributed by atoms with Gasteiger partial charge in [0.15, 0.2) is 22.8 Å². The molecule has 4 aromatic rings. The molecule has 282 valence electrons. The summed E-state index contributed by atoms with van der Waals surface area (Å²) in [7, 11) is 0. The number of nitrogens with zero attached hydrogens (tertiary/aromatic N) is 5. The molecule has 0 radical (unpaired) electrons. The van der Waals surface area contributed by atoms with Crippen molar-refractivity contribution < 1.29 is 34.4 Å². The molecule has 3 heterocycles. The molecule has 0 spiro atoms. The van der Waals surface area contributed by atoms with E-state index in [0.29, 0.717) is 36.1 Å². The molecule has 5 rings (SSSR count). The van der Waals surface area contributed by atoms with Crippen molar-refractivity contribution in [1.82, 2.24) is 24.5 Å². The van der Waals surface area contributed by atoms with E-state index in [1.807, 2.05) is 52.8 Å². The van der Waals surface area contributed by atoms with Crippen LogP contribution in [0.4, 0.5) is 16.3 Å². The fourth-order valence-corrected chi connectivity index (χ4v) is 4.65. The Bertz CT molecular complexity index is 1720. The highest BCUT2D eigenvalue weighted by molar-refractivity contribution is 7.79. The number of urea groups is 1. The van der Waals surface area contributed by atoms with Crippen LogP contribution in [0.1, 0.15) is 70.5 Å². The first-order valence-corrected chi connectivity index (χ1v) is 17.2. The number of aromatic nitrogens is 5. The van der Waals surface area contributed by atoms with Gasteiger partial charge >= 0.3 is 12.0 Å². The minimum Gasteiger partial charge on any atom is -0.477 e. The average Bonchev–Trinajstić information content (AvgIpc) is 3.68. The van der Waals surface area contributed by atoms with Crippen molar-refractivity contribution >= 4 is 47.3 Å². The number of hydrogen-bond donors (Lipinski definition) is 6. The minimum absolute atomic E-state index is 0.0194. The van der Waals surface area contributed by atoms with Crippen molar-refractivity contribution in [2.75, 3.05) is 23.5 Å². The van der Waals surface area contributed by atoms with Crippen LogP contribution in [0.5, 0.6) is 5.88 Å². The van der Waals surface area contributed by atoms with E-state index in [0.717, 1.165) is 11.1 Å². The normalized spacial score (nSPS) is 13.6. The second-order valence-corrected chi connectivity index (χ2v) is 11.0. The van der Waals surface area contributed by atoms with Gasteiger partial charge in [-0.25, -0.2) is 29.5 Å². The van der Waals surface area contributed by atoms with Gasteiger partial charge in [-0.3, -0.25) is 9.88 Å². The van der Waals surface area contributed by atoms with Gasteiger partial charge in [0.2, 0.25) is 5.88 Å². The van der Waals surface area contributed by atoms with Gasteiger partial charge in [0.25, 0.3) is 0 Å². The number of anilines is 2. The van der Waals surface area contributed by atoms with Crippen molar-refractivity contribution in [2.24, 2.45) is 0 Å². The minimum atomic E-state index is -1.44.